The lowest BCUT2D eigenvalue weighted by atomic mass is 9.88. The zero-order valence-electron chi connectivity index (χ0n) is 24.4. The first-order chi connectivity index (χ1) is 21.4. The SMILES string of the molecule is O=C(Cc1ccc(F)cc1)C1(C(=O)Cc2ccc(Oc3ccnc4ncc(CCCCN5CCOCC5)nc34)c(F)c2)CC1. The summed E-state index contributed by atoms with van der Waals surface area (Å²) in [5.74, 6) is -1.10. The molecule has 2 aromatic heterocycles. The minimum atomic E-state index is -1.05. The van der Waals surface area contributed by atoms with Crippen LogP contribution in [-0.2, 0) is 33.6 Å². The fourth-order valence-electron chi connectivity index (χ4n) is 5.61. The van der Waals surface area contributed by atoms with E-state index in [1.54, 1.807) is 30.5 Å². The Morgan fingerprint density at radius 3 is 2.34 bits per heavy atom. The summed E-state index contributed by atoms with van der Waals surface area (Å²) in [5.41, 5.74) is 1.74. The molecule has 0 radical (unpaired) electrons. The molecule has 0 unspecified atom stereocenters. The van der Waals surface area contributed by atoms with Crippen LogP contribution in [0, 0.1) is 17.0 Å². The third kappa shape index (κ3) is 6.97. The summed E-state index contributed by atoms with van der Waals surface area (Å²) in [4.78, 5) is 42.0. The Bertz CT molecular complexity index is 1650. The Hall–Kier alpha value is -4.15. The normalized spacial score (nSPS) is 16.1. The zero-order chi connectivity index (χ0) is 30.5. The molecule has 44 heavy (non-hydrogen) atoms. The van der Waals surface area contributed by atoms with Crippen LogP contribution in [0.1, 0.15) is 42.5 Å². The van der Waals surface area contributed by atoms with E-state index in [0.717, 1.165) is 57.8 Å². The van der Waals surface area contributed by atoms with Gasteiger partial charge < -0.3 is 9.47 Å². The van der Waals surface area contributed by atoms with Crippen LogP contribution in [0.3, 0.4) is 0 Å². The number of unbranched alkanes of at least 4 members (excludes halogenated alkanes) is 1. The van der Waals surface area contributed by atoms with Crippen molar-refractivity contribution in [3.63, 3.8) is 0 Å². The molecule has 0 atom stereocenters. The third-order valence-electron chi connectivity index (χ3n) is 8.40. The van der Waals surface area contributed by atoms with Gasteiger partial charge in [-0.15, -0.1) is 0 Å². The molecule has 1 saturated heterocycles. The van der Waals surface area contributed by atoms with E-state index in [4.69, 9.17) is 14.5 Å². The number of hydrogen-bond acceptors (Lipinski definition) is 8. The van der Waals surface area contributed by atoms with Crippen molar-refractivity contribution < 1.29 is 27.8 Å². The Morgan fingerprint density at radius 2 is 1.61 bits per heavy atom. The maximum absolute atomic E-state index is 15.2. The molecule has 2 fully saturated rings. The maximum atomic E-state index is 15.2. The fraction of sp³-hybridized carbons (Fsp3) is 0.382. The van der Waals surface area contributed by atoms with E-state index >= 15 is 4.39 Å². The number of nitrogens with zero attached hydrogens (tertiary/aromatic N) is 4. The van der Waals surface area contributed by atoms with Gasteiger partial charge in [0.05, 0.1) is 30.5 Å². The van der Waals surface area contributed by atoms with Gasteiger partial charge in [0.15, 0.2) is 40.0 Å². The number of ketones is 2. The van der Waals surface area contributed by atoms with Gasteiger partial charge >= 0.3 is 0 Å². The highest BCUT2D eigenvalue weighted by molar-refractivity contribution is 6.10. The molecule has 0 amide bonds. The van der Waals surface area contributed by atoms with E-state index in [1.807, 2.05) is 0 Å². The number of halogens is 2. The van der Waals surface area contributed by atoms with Crippen LogP contribution < -0.4 is 4.74 Å². The van der Waals surface area contributed by atoms with Crippen LogP contribution in [-0.4, -0.2) is 64.3 Å². The molecule has 3 heterocycles. The van der Waals surface area contributed by atoms with Gasteiger partial charge in [0, 0.05) is 38.2 Å². The first-order valence-corrected chi connectivity index (χ1v) is 15.1. The van der Waals surface area contributed by atoms with E-state index in [-0.39, 0.29) is 36.0 Å². The van der Waals surface area contributed by atoms with E-state index in [9.17, 15) is 14.0 Å². The van der Waals surface area contributed by atoms with Crippen molar-refractivity contribution in [2.24, 2.45) is 5.41 Å². The summed E-state index contributed by atoms with van der Waals surface area (Å²) in [6, 6.07) is 11.7. The fourth-order valence-corrected chi connectivity index (χ4v) is 5.61. The average molecular weight is 601 g/mol. The number of rotatable bonds is 13. The Balaban J connectivity index is 1.08. The second-order valence-corrected chi connectivity index (χ2v) is 11.5. The zero-order valence-corrected chi connectivity index (χ0v) is 24.4. The Kier molecular flexibility index (Phi) is 8.99. The number of aromatic nitrogens is 3. The van der Waals surface area contributed by atoms with Crippen molar-refractivity contribution >= 4 is 22.7 Å². The highest BCUT2D eigenvalue weighted by Gasteiger charge is 2.54. The van der Waals surface area contributed by atoms with E-state index < -0.39 is 11.2 Å². The molecule has 2 aromatic carbocycles. The summed E-state index contributed by atoms with van der Waals surface area (Å²) >= 11 is 0. The average Bonchev–Trinajstić information content (AvgIpc) is 3.85. The van der Waals surface area contributed by atoms with Gasteiger partial charge in [-0.3, -0.25) is 14.5 Å². The molecule has 1 aliphatic heterocycles. The number of morpholine rings is 1. The largest absolute Gasteiger partial charge is 0.452 e. The molecule has 10 heteroatoms. The number of ether oxygens (including phenoxy) is 2. The first kappa shape index (κ1) is 29.9. The Morgan fingerprint density at radius 1 is 0.886 bits per heavy atom. The number of aryl methyl sites for hydroxylation is 1. The molecule has 1 saturated carbocycles. The second-order valence-electron chi connectivity index (χ2n) is 11.5. The van der Waals surface area contributed by atoms with Crippen molar-refractivity contribution in [3.8, 4) is 11.5 Å². The van der Waals surface area contributed by atoms with Crippen LogP contribution in [0.4, 0.5) is 8.78 Å². The van der Waals surface area contributed by atoms with Crippen molar-refractivity contribution in [1.29, 1.82) is 0 Å². The van der Waals surface area contributed by atoms with Gasteiger partial charge in [-0.25, -0.2) is 23.7 Å². The second kappa shape index (κ2) is 13.2. The van der Waals surface area contributed by atoms with Gasteiger partial charge in [-0.2, -0.15) is 0 Å². The van der Waals surface area contributed by atoms with Gasteiger partial charge in [0.25, 0.3) is 0 Å². The molecular weight excluding hydrogens is 566 g/mol. The molecule has 0 N–H and O–H groups in total. The summed E-state index contributed by atoms with van der Waals surface area (Å²) in [7, 11) is 0. The van der Waals surface area contributed by atoms with Crippen molar-refractivity contribution in [3.05, 3.63) is 89.4 Å². The first-order valence-electron chi connectivity index (χ1n) is 15.1. The number of benzene rings is 2. The molecular formula is C34H34F2N4O4. The quantitative estimate of drug-likeness (QED) is 0.148. The van der Waals surface area contributed by atoms with Gasteiger partial charge in [-0.05, 0) is 74.0 Å². The molecule has 8 nitrogen and oxygen atoms in total. The van der Waals surface area contributed by atoms with E-state index in [1.165, 1.54) is 30.5 Å². The standard InChI is InChI=1S/C34H34F2N4O4/c35-25-7-4-23(5-8-25)20-30(41)34(11-12-34)31(42)21-24-6-9-28(27(36)19-24)44-29-10-13-37-33-32(29)39-26(22-38-33)3-1-2-14-40-15-17-43-18-16-40/h4-10,13,19,22H,1-3,11-12,14-18,20-21H2. The predicted octanol–water partition coefficient (Wildman–Crippen LogP) is 5.45. The topological polar surface area (TPSA) is 94.5 Å². The molecule has 228 valence electrons. The maximum Gasteiger partial charge on any atom is 0.182 e. The van der Waals surface area contributed by atoms with Gasteiger partial charge in [-0.1, -0.05) is 18.2 Å². The minimum Gasteiger partial charge on any atom is -0.452 e. The Labute approximate surface area is 254 Å². The molecule has 1 aliphatic carbocycles. The summed E-state index contributed by atoms with van der Waals surface area (Å²) in [6.07, 6.45) is 6.96. The molecule has 4 aromatic rings. The summed E-state index contributed by atoms with van der Waals surface area (Å²) in [5, 5.41) is 0. The molecule has 0 spiro atoms. The van der Waals surface area contributed by atoms with Gasteiger partial charge in [0.2, 0.25) is 0 Å². The molecule has 6 rings (SSSR count). The monoisotopic (exact) mass is 600 g/mol. The van der Waals surface area contributed by atoms with E-state index in [0.29, 0.717) is 40.9 Å². The van der Waals surface area contributed by atoms with Crippen LogP contribution >= 0.6 is 0 Å². The van der Waals surface area contributed by atoms with Gasteiger partial charge in [0.1, 0.15) is 5.82 Å². The predicted molar refractivity (Wildman–Crippen MR) is 159 cm³/mol. The van der Waals surface area contributed by atoms with Crippen LogP contribution in [0.5, 0.6) is 11.5 Å². The summed E-state index contributed by atoms with van der Waals surface area (Å²) in [6.45, 7) is 4.53. The number of fused-ring (bicyclic) bond motifs is 1. The smallest absolute Gasteiger partial charge is 0.182 e. The number of Topliss-reactive ketones (excluding diaryl/α,β-unsaturated/α-hetero) is 2. The van der Waals surface area contributed by atoms with E-state index in [2.05, 4.69) is 14.9 Å². The number of hydrogen-bond donors (Lipinski definition) is 0. The van der Waals surface area contributed by atoms with Crippen LogP contribution in [0.25, 0.3) is 11.2 Å². The third-order valence-corrected chi connectivity index (χ3v) is 8.40. The highest BCUT2D eigenvalue weighted by atomic mass is 19.1. The van der Waals surface area contributed by atoms with Crippen molar-refractivity contribution in [2.75, 3.05) is 32.8 Å². The number of carbonyl (C=O) groups is 2. The number of carbonyl (C=O) groups excluding carboxylic acids is 2. The molecule has 2 aliphatic rings. The number of pyridine rings is 1. The lowest BCUT2D eigenvalue weighted by molar-refractivity contribution is -0.133. The minimum absolute atomic E-state index is 0.0139. The molecule has 0 bridgehead atoms. The highest BCUT2D eigenvalue weighted by Crippen LogP contribution is 2.49. The lowest BCUT2D eigenvalue weighted by Gasteiger charge is -2.26. The van der Waals surface area contributed by atoms with Crippen LogP contribution in [0.2, 0.25) is 0 Å². The lowest BCUT2D eigenvalue weighted by Crippen LogP contribution is -2.36. The van der Waals surface area contributed by atoms with Crippen molar-refractivity contribution in [2.45, 2.75) is 44.9 Å². The van der Waals surface area contributed by atoms with Crippen LogP contribution in [0.15, 0.2) is 60.9 Å². The van der Waals surface area contributed by atoms with Crippen molar-refractivity contribution in [1.82, 2.24) is 19.9 Å². The summed E-state index contributed by atoms with van der Waals surface area (Å²) < 4.78 is 39.8.